The van der Waals surface area contributed by atoms with E-state index in [9.17, 15) is 0 Å². The van der Waals surface area contributed by atoms with Crippen molar-refractivity contribution in [2.45, 2.75) is 38.4 Å². The highest BCUT2D eigenvalue weighted by atomic mass is 79.9. The second-order valence-electron chi connectivity index (χ2n) is 2.74. The van der Waals surface area contributed by atoms with Crippen LogP contribution in [-0.4, -0.2) is 13.7 Å². The van der Waals surface area contributed by atoms with Gasteiger partial charge in [-0.3, -0.25) is 0 Å². The van der Waals surface area contributed by atoms with Gasteiger partial charge in [0.05, 0.1) is 7.85 Å². The van der Waals surface area contributed by atoms with Crippen LogP contribution in [0.25, 0.3) is 0 Å². The number of hydrogen-bond donors (Lipinski definition) is 0. The Morgan fingerprint density at radius 3 is 2.00 bits per heavy atom. The molecule has 0 amide bonds. The molecular formula is C8H16BBr. The smallest absolute Gasteiger partial charge is 0.0656 e. The summed E-state index contributed by atoms with van der Waals surface area (Å²) in [6.45, 7) is 0. The van der Waals surface area contributed by atoms with E-state index in [4.69, 9.17) is 7.85 Å². The number of halogens is 1. The summed E-state index contributed by atoms with van der Waals surface area (Å²) in [4.78, 5) is 0. The van der Waals surface area contributed by atoms with Crippen LogP contribution in [0.2, 0.25) is 6.32 Å². The fourth-order valence-corrected chi connectivity index (χ4v) is 1.42. The quantitative estimate of drug-likeness (QED) is 0.453. The zero-order valence-electron chi connectivity index (χ0n) is 6.78. The predicted octanol–water partition coefficient (Wildman–Crippen LogP) is 3.16. The summed E-state index contributed by atoms with van der Waals surface area (Å²) in [5.74, 6) is 2.68. The van der Waals surface area contributed by atoms with Crippen molar-refractivity contribution >= 4 is 23.8 Å². The zero-order chi connectivity index (χ0) is 7.82. The maximum absolute atomic E-state index is 5.50. The van der Waals surface area contributed by atoms with Crippen LogP contribution in [-0.2, 0) is 0 Å². The van der Waals surface area contributed by atoms with E-state index < -0.39 is 0 Å². The van der Waals surface area contributed by atoms with Crippen LogP contribution in [0, 0.1) is 5.92 Å². The fourth-order valence-electron chi connectivity index (χ4n) is 1.42. The lowest BCUT2D eigenvalue weighted by Crippen LogP contribution is -2.04. The van der Waals surface area contributed by atoms with E-state index in [1.165, 1.54) is 32.1 Å². The van der Waals surface area contributed by atoms with Crippen molar-refractivity contribution < 1.29 is 0 Å². The number of alkyl halides is 1. The van der Waals surface area contributed by atoms with Crippen molar-refractivity contribution in [1.29, 1.82) is 0 Å². The molecule has 0 unspecified atom stereocenters. The molecule has 0 spiro atoms. The molecule has 1 fully saturated rings. The summed E-state index contributed by atoms with van der Waals surface area (Å²) in [6, 6.07) is 0. The Labute approximate surface area is 74.3 Å². The van der Waals surface area contributed by atoms with Crippen molar-refractivity contribution in [1.82, 2.24) is 0 Å². The van der Waals surface area contributed by atoms with Crippen LogP contribution in [0.4, 0.5) is 0 Å². The van der Waals surface area contributed by atoms with Crippen molar-refractivity contribution in [2.75, 3.05) is 5.83 Å². The highest BCUT2D eigenvalue weighted by Crippen LogP contribution is 2.25. The van der Waals surface area contributed by atoms with Gasteiger partial charge in [0.25, 0.3) is 0 Å². The Hall–Kier alpha value is 0.545. The molecule has 1 aliphatic carbocycles. The molecule has 0 aromatic heterocycles. The van der Waals surface area contributed by atoms with E-state index in [2.05, 4.69) is 15.9 Å². The first kappa shape index (κ1) is 10.5. The van der Waals surface area contributed by atoms with Gasteiger partial charge in [0.15, 0.2) is 0 Å². The second kappa shape index (κ2) is 7.65. The largest absolute Gasteiger partial charge is 0.0966 e. The standard InChI is InChI=1S/C7H13B.CH3Br/c8-6-7-4-2-1-3-5-7;1-2/h7H,1-6H2;1H3. The van der Waals surface area contributed by atoms with E-state index in [-0.39, 0.29) is 0 Å². The van der Waals surface area contributed by atoms with Gasteiger partial charge in [-0.15, -0.1) is 0 Å². The van der Waals surface area contributed by atoms with Crippen LogP contribution in [0.3, 0.4) is 0 Å². The Kier molecular flexibility index (Phi) is 8.07. The van der Waals surface area contributed by atoms with E-state index in [0.29, 0.717) is 0 Å². The van der Waals surface area contributed by atoms with Crippen LogP contribution < -0.4 is 0 Å². The summed E-state index contributed by atoms with van der Waals surface area (Å²) in [7, 11) is 5.50. The first-order chi connectivity index (χ1) is 4.93. The third-order valence-corrected chi connectivity index (χ3v) is 2.06. The molecule has 0 N–H and O–H groups in total. The molecule has 0 saturated heterocycles. The molecule has 2 radical (unpaired) electrons. The van der Waals surface area contributed by atoms with Gasteiger partial charge in [0, 0.05) is 0 Å². The maximum atomic E-state index is 5.50. The van der Waals surface area contributed by atoms with Gasteiger partial charge in [-0.25, -0.2) is 0 Å². The molecule has 0 aliphatic heterocycles. The van der Waals surface area contributed by atoms with Crippen LogP contribution in [0.15, 0.2) is 0 Å². The van der Waals surface area contributed by atoms with Gasteiger partial charge in [-0.05, 0) is 11.8 Å². The average Bonchev–Trinajstić information content (AvgIpc) is 2.10. The highest BCUT2D eigenvalue weighted by molar-refractivity contribution is 9.08. The SMILES string of the molecule is CBr.[B]CC1CCCCC1. The lowest BCUT2D eigenvalue weighted by molar-refractivity contribution is 0.385. The number of hydrogen-bond acceptors (Lipinski definition) is 0. The topological polar surface area (TPSA) is 0 Å². The molecule has 0 aromatic carbocycles. The van der Waals surface area contributed by atoms with Gasteiger partial charge in [0.1, 0.15) is 0 Å². The van der Waals surface area contributed by atoms with Crippen LogP contribution >= 0.6 is 15.9 Å². The Balaban J connectivity index is 0.000000371. The molecule has 0 aromatic rings. The minimum atomic E-state index is 0.865. The first-order valence-corrected chi connectivity index (χ1v) is 5.60. The Bertz CT molecular complexity index is 60.3. The summed E-state index contributed by atoms with van der Waals surface area (Å²) < 4.78 is 0. The molecule has 1 saturated carbocycles. The molecule has 1 aliphatic rings. The molecule has 2 heteroatoms. The average molecular weight is 203 g/mol. The maximum Gasteiger partial charge on any atom is 0.0656 e. The van der Waals surface area contributed by atoms with E-state index in [1.807, 2.05) is 5.83 Å². The Morgan fingerprint density at radius 2 is 1.70 bits per heavy atom. The fraction of sp³-hybridized carbons (Fsp3) is 1.00. The lowest BCUT2D eigenvalue weighted by atomic mass is 9.80. The monoisotopic (exact) mass is 202 g/mol. The third-order valence-electron chi connectivity index (χ3n) is 2.06. The molecule has 0 heterocycles. The van der Waals surface area contributed by atoms with E-state index >= 15 is 0 Å². The summed E-state index contributed by atoms with van der Waals surface area (Å²) in [5.41, 5.74) is 0. The zero-order valence-corrected chi connectivity index (χ0v) is 8.36. The van der Waals surface area contributed by atoms with Crippen LogP contribution in [0.1, 0.15) is 32.1 Å². The Morgan fingerprint density at radius 1 is 1.20 bits per heavy atom. The summed E-state index contributed by atoms with van der Waals surface area (Å²) in [6.07, 6.45) is 7.97. The minimum absolute atomic E-state index is 0.865. The molecule has 58 valence electrons. The van der Waals surface area contributed by atoms with E-state index in [0.717, 1.165) is 12.2 Å². The molecule has 0 atom stereocenters. The molecular weight excluding hydrogens is 187 g/mol. The normalized spacial score (nSPS) is 19.4. The van der Waals surface area contributed by atoms with Crippen molar-refractivity contribution in [3.63, 3.8) is 0 Å². The van der Waals surface area contributed by atoms with Gasteiger partial charge in [-0.2, -0.15) is 0 Å². The lowest BCUT2D eigenvalue weighted by Gasteiger charge is -2.19. The molecule has 1 rings (SSSR count). The van der Waals surface area contributed by atoms with Crippen molar-refractivity contribution in [3.05, 3.63) is 0 Å². The first-order valence-electron chi connectivity index (χ1n) is 4.01. The molecule has 0 bridgehead atoms. The van der Waals surface area contributed by atoms with E-state index in [1.54, 1.807) is 0 Å². The molecule has 10 heavy (non-hydrogen) atoms. The third kappa shape index (κ3) is 4.37. The molecule has 0 nitrogen and oxygen atoms in total. The highest BCUT2D eigenvalue weighted by Gasteiger charge is 2.09. The number of rotatable bonds is 1. The second-order valence-corrected chi connectivity index (χ2v) is 2.74. The van der Waals surface area contributed by atoms with Gasteiger partial charge < -0.3 is 0 Å². The van der Waals surface area contributed by atoms with Crippen LogP contribution in [0.5, 0.6) is 0 Å². The van der Waals surface area contributed by atoms with Crippen molar-refractivity contribution in [2.24, 2.45) is 5.92 Å². The predicted molar refractivity (Wildman–Crippen MR) is 52.0 cm³/mol. The van der Waals surface area contributed by atoms with Gasteiger partial charge >= 0.3 is 0 Å². The van der Waals surface area contributed by atoms with Crippen molar-refractivity contribution in [3.8, 4) is 0 Å². The summed E-state index contributed by atoms with van der Waals surface area (Å²) >= 11 is 2.94. The van der Waals surface area contributed by atoms with Gasteiger partial charge in [-0.1, -0.05) is 54.4 Å². The summed E-state index contributed by atoms with van der Waals surface area (Å²) in [5, 5.41) is 0. The minimum Gasteiger partial charge on any atom is -0.0966 e. The van der Waals surface area contributed by atoms with Gasteiger partial charge in [0.2, 0.25) is 0 Å².